The number of rotatable bonds is 8. The normalized spacial score (nSPS) is 11.3. The van der Waals surface area contributed by atoms with E-state index in [9.17, 15) is 13.2 Å². The first kappa shape index (κ1) is 16.6. The number of carbonyl (C=O) groups excluding carboxylic acids is 1. The number of carbonyl (C=O) groups is 1. The predicted octanol–water partition coefficient (Wildman–Crippen LogP) is 0.412. The molecule has 1 N–H and O–H groups in total. The van der Waals surface area contributed by atoms with Gasteiger partial charge in [-0.1, -0.05) is 6.92 Å². The van der Waals surface area contributed by atoms with E-state index in [2.05, 4.69) is 9.71 Å². The molecule has 0 radical (unpaired) electrons. The molecule has 0 aliphatic heterocycles. The lowest BCUT2D eigenvalue weighted by molar-refractivity contribution is -0.128. The van der Waals surface area contributed by atoms with Crippen molar-refractivity contribution in [3.05, 3.63) is 30.1 Å². The van der Waals surface area contributed by atoms with Gasteiger partial charge >= 0.3 is 0 Å². The highest BCUT2D eigenvalue weighted by molar-refractivity contribution is 7.89. The molecule has 0 aliphatic rings. The highest BCUT2D eigenvalue weighted by atomic mass is 32.2. The van der Waals surface area contributed by atoms with Gasteiger partial charge in [-0.2, -0.15) is 0 Å². The molecule has 7 heteroatoms. The van der Waals surface area contributed by atoms with Gasteiger partial charge in [0.25, 0.3) is 0 Å². The van der Waals surface area contributed by atoms with E-state index in [1.165, 1.54) is 4.90 Å². The number of aromatic nitrogens is 1. The van der Waals surface area contributed by atoms with Gasteiger partial charge in [-0.3, -0.25) is 9.78 Å². The molecule has 0 saturated carbocycles. The minimum atomic E-state index is -3.33. The molecule has 1 rings (SSSR count). The molecule has 0 fully saturated rings. The Hall–Kier alpha value is -1.47. The van der Waals surface area contributed by atoms with Crippen molar-refractivity contribution in [1.29, 1.82) is 0 Å². The maximum absolute atomic E-state index is 11.8. The average molecular weight is 299 g/mol. The van der Waals surface area contributed by atoms with Gasteiger partial charge in [0.15, 0.2) is 0 Å². The fourth-order valence-electron chi connectivity index (χ4n) is 1.62. The van der Waals surface area contributed by atoms with E-state index in [0.29, 0.717) is 19.4 Å². The molecule has 20 heavy (non-hydrogen) atoms. The maximum Gasteiger partial charge on any atom is 0.237 e. The molecular weight excluding hydrogens is 278 g/mol. The molecule has 1 amide bonds. The van der Waals surface area contributed by atoms with Crippen molar-refractivity contribution in [2.75, 3.05) is 25.9 Å². The van der Waals surface area contributed by atoms with Crippen LogP contribution in [0.25, 0.3) is 0 Å². The minimum absolute atomic E-state index is 0.0427. The van der Waals surface area contributed by atoms with Gasteiger partial charge in [0.2, 0.25) is 15.9 Å². The van der Waals surface area contributed by atoms with Crippen LogP contribution in [0.4, 0.5) is 0 Å². The van der Waals surface area contributed by atoms with Gasteiger partial charge in [0.05, 0.1) is 12.3 Å². The van der Waals surface area contributed by atoms with Crippen molar-refractivity contribution < 1.29 is 13.2 Å². The predicted molar refractivity (Wildman–Crippen MR) is 77.7 cm³/mol. The zero-order valence-corrected chi connectivity index (χ0v) is 12.7. The van der Waals surface area contributed by atoms with Crippen LogP contribution in [0.1, 0.15) is 18.9 Å². The summed E-state index contributed by atoms with van der Waals surface area (Å²) in [5, 5.41) is 0. The number of hydrogen-bond donors (Lipinski definition) is 1. The summed E-state index contributed by atoms with van der Waals surface area (Å²) in [6, 6.07) is 3.78. The van der Waals surface area contributed by atoms with E-state index in [1.807, 2.05) is 12.1 Å². The summed E-state index contributed by atoms with van der Waals surface area (Å²) < 4.78 is 25.2. The lowest BCUT2D eigenvalue weighted by Gasteiger charge is -2.17. The number of nitrogens with one attached hydrogen (secondary N) is 1. The van der Waals surface area contributed by atoms with Crippen molar-refractivity contribution >= 4 is 15.9 Å². The van der Waals surface area contributed by atoms with Crippen LogP contribution < -0.4 is 4.72 Å². The summed E-state index contributed by atoms with van der Waals surface area (Å²) in [6.45, 7) is 2.13. The summed E-state index contributed by atoms with van der Waals surface area (Å²) in [5.41, 5.74) is 1.09. The van der Waals surface area contributed by atoms with Crippen molar-refractivity contribution in [2.45, 2.75) is 19.8 Å². The van der Waals surface area contributed by atoms with Crippen LogP contribution in [0.2, 0.25) is 0 Å². The van der Waals surface area contributed by atoms with Gasteiger partial charge < -0.3 is 4.90 Å². The van der Waals surface area contributed by atoms with E-state index in [-0.39, 0.29) is 18.2 Å². The molecule has 1 aromatic heterocycles. The lowest BCUT2D eigenvalue weighted by Crippen LogP contribution is -2.39. The molecule has 1 aromatic rings. The molecule has 1 heterocycles. The summed E-state index contributed by atoms with van der Waals surface area (Å²) in [6.07, 6.45) is 4.65. The smallest absolute Gasteiger partial charge is 0.237 e. The van der Waals surface area contributed by atoms with Gasteiger partial charge in [0.1, 0.15) is 0 Å². The summed E-state index contributed by atoms with van der Waals surface area (Å²) >= 11 is 0. The number of amides is 1. The third-order valence-electron chi connectivity index (χ3n) is 2.83. The Morgan fingerprint density at radius 1 is 1.35 bits per heavy atom. The number of nitrogens with zero attached hydrogens (tertiary/aromatic N) is 2. The number of hydrogen-bond acceptors (Lipinski definition) is 4. The highest BCUT2D eigenvalue weighted by Crippen LogP contribution is 1.99. The minimum Gasteiger partial charge on any atom is -0.344 e. The Balaban J connectivity index is 2.36. The first-order valence-electron chi connectivity index (χ1n) is 6.55. The lowest BCUT2D eigenvalue weighted by atomic mass is 10.2. The Labute approximate surface area is 120 Å². The largest absolute Gasteiger partial charge is 0.344 e. The summed E-state index contributed by atoms with van der Waals surface area (Å²) in [7, 11) is -1.67. The maximum atomic E-state index is 11.8. The highest BCUT2D eigenvalue weighted by Gasteiger charge is 2.13. The van der Waals surface area contributed by atoms with Crippen LogP contribution in [-0.2, 0) is 21.2 Å². The fourth-order valence-corrected chi connectivity index (χ4v) is 2.64. The SMILES string of the molecule is CCCS(=O)(=O)NCC(=O)N(C)CCc1ccncc1. The van der Waals surface area contributed by atoms with Crippen LogP contribution in [0.5, 0.6) is 0 Å². The number of pyridine rings is 1. The molecular formula is C13H21N3O3S. The molecule has 0 spiro atoms. The van der Waals surface area contributed by atoms with Crippen molar-refractivity contribution in [3.8, 4) is 0 Å². The quantitative estimate of drug-likeness (QED) is 0.754. The van der Waals surface area contributed by atoms with Crippen LogP contribution in [0.3, 0.4) is 0 Å². The van der Waals surface area contributed by atoms with E-state index >= 15 is 0 Å². The van der Waals surface area contributed by atoms with E-state index in [4.69, 9.17) is 0 Å². The van der Waals surface area contributed by atoms with Crippen LogP contribution in [0, 0.1) is 0 Å². The number of sulfonamides is 1. The Morgan fingerprint density at radius 3 is 2.60 bits per heavy atom. The standard InChI is InChI=1S/C13H21N3O3S/c1-3-10-20(18,19)15-11-13(17)16(2)9-6-12-4-7-14-8-5-12/h4-5,7-8,15H,3,6,9-11H2,1-2H3. The third kappa shape index (κ3) is 6.12. The molecule has 0 aromatic carbocycles. The van der Waals surface area contributed by atoms with Crippen LogP contribution in [0.15, 0.2) is 24.5 Å². The molecule has 0 atom stereocenters. The zero-order chi connectivity index (χ0) is 15.0. The molecule has 0 bridgehead atoms. The molecule has 6 nitrogen and oxygen atoms in total. The van der Waals surface area contributed by atoms with Crippen molar-refractivity contribution in [2.24, 2.45) is 0 Å². The van der Waals surface area contributed by atoms with Gasteiger partial charge in [0, 0.05) is 26.0 Å². The molecule has 0 aliphatic carbocycles. The Morgan fingerprint density at radius 2 is 2.00 bits per heavy atom. The van der Waals surface area contributed by atoms with E-state index < -0.39 is 10.0 Å². The van der Waals surface area contributed by atoms with E-state index in [1.54, 1.807) is 26.4 Å². The first-order chi connectivity index (χ1) is 9.44. The van der Waals surface area contributed by atoms with Crippen molar-refractivity contribution in [3.63, 3.8) is 0 Å². The average Bonchev–Trinajstić information content (AvgIpc) is 2.43. The van der Waals surface area contributed by atoms with Crippen LogP contribution >= 0.6 is 0 Å². The second-order valence-corrected chi connectivity index (χ2v) is 6.49. The Bertz CT molecular complexity index is 517. The second-order valence-electron chi connectivity index (χ2n) is 4.56. The zero-order valence-electron chi connectivity index (χ0n) is 11.9. The van der Waals surface area contributed by atoms with Gasteiger partial charge in [-0.25, -0.2) is 13.1 Å². The fraction of sp³-hybridized carbons (Fsp3) is 0.538. The number of likely N-dealkylation sites (N-methyl/N-ethyl adjacent to an activating group) is 1. The van der Waals surface area contributed by atoms with Crippen molar-refractivity contribution in [1.82, 2.24) is 14.6 Å². The summed E-state index contributed by atoms with van der Waals surface area (Å²) in [5.74, 6) is -0.195. The third-order valence-corrected chi connectivity index (χ3v) is 4.36. The van der Waals surface area contributed by atoms with Gasteiger partial charge in [-0.15, -0.1) is 0 Å². The second kappa shape index (κ2) is 7.96. The first-order valence-corrected chi connectivity index (χ1v) is 8.20. The van der Waals surface area contributed by atoms with Gasteiger partial charge in [-0.05, 0) is 30.5 Å². The molecule has 112 valence electrons. The topological polar surface area (TPSA) is 79.4 Å². The van der Waals surface area contributed by atoms with Crippen LogP contribution in [-0.4, -0.2) is 50.1 Å². The molecule has 0 unspecified atom stereocenters. The monoisotopic (exact) mass is 299 g/mol. The van der Waals surface area contributed by atoms with E-state index in [0.717, 1.165) is 5.56 Å². The Kier molecular flexibility index (Phi) is 6.60. The summed E-state index contributed by atoms with van der Waals surface area (Å²) in [4.78, 5) is 17.2. The molecule has 0 saturated heterocycles.